The number of fused-ring (bicyclic) bond motifs is 10. The van der Waals surface area contributed by atoms with Crippen molar-refractivity contribution in [2.45, 2.75) is 0 Å². The topological polar surface area (TPSA) is 68.6 Å². The van der Waals surface area contributed by atoms with Crippen LogP contribution in [0.2, 0.25) is 0 Å². The molecule has 1 aliphatic rings. The zero-order valence-corrected chi connectivity index (χ0v) is 18.9. The van der Waals surface area contributed by atoms with E-state index in [0.29, 0.717) is 11.0 Å². The standard InChI is InChI=1S/C28H17N4OP/c33-34(18-8-2-1-3-9-18)23-12-6-14-29-27(23)25-20-11-5-4-10-19(20)21-16-31-32-17-22(21)26(25)28-24(34)13-7-15-30-28/h1-17H. The second kappa shape index (κ2) is 7.14. The van der Waals surface area contributed by atoms with Crippen LogP contribution in [0.3, 0.4) is 0 Å². The molecule has 0 fully saturated rings. The summed E-state index contributed by atoms with van der Waals surface area (Å²) in [6.45, 7) is 0. The van der Waals surface area contributed by atoms with E-state index in [9.17, 15) is 0 Å². The van der Waals surface area contributed by atoms with Crippen LogP contribution in [0, 0.1) is 0 Å². The highest BCUT2D eigenvalue weighted by Crippen LogP contribution is 2.53. The van der Waals surface area contributed by atoms with Crippen LogP contribution in [0.25, 0.3) is 44.1 Å². The largest absolute Gasteiger partial charge is 0.308 e. The first kappa shape index (κ1) is 19.3. The van der Waals surface area contributed by atoms with Gasteiger partial charge < -0.3 is 4.57 Å². The Morgan fingerprint density at radius 1 is 0.529 bits per heavy atom. The molecule has 0 saturated heterocycles. The summed E-state index contributed by atoms with van der Waals surface area (Å²) in [6, 6.07) is 25.5. The van der Waals surface area contributed by atoms with Crippen molar-refractivity contribution < 1.29 is 4.57 Å². The van der Waals surface area contributed by atoms with Crippen LogP contribution >= 0.6 is 7.14 Å². The van der Waals surface area contributed by atoms with Crippen LogP contribution in [0.5, 0.6) is 0 Å². The van der Waals surface area contributed by atoms with Gasteiger partial charge in [-0.25, -0.2) is 0 Å². The maximum atomic E-state index is 15.3. The van der Waals surface area contributed by atoms with Crippen LogP contribution in [0.1, 0.15) is 0 Å². The first-order valence-corrected chi connectivity index (χ1v) is 12.7. The fourth-order valence-electron chi connectivity index (χ4n) is 5.17. The Bertz CT molecular complexity index is 1690. The zero-order valence-electron chi connectivity index (χ0n) is 18.0. The third kappa shape index (κ3) is 2.47. The summed E-state index contributed by atoms with van der Waals surface area (Å²) in [5.74, 6) is 0. The van der Waals surface area contributed by atoms with E-state index in [0.717, 1.165) is 49.0 Å². The van der Waals surface area contributed by atoms with Gasteiger partial charge in [-0.15, -0.1) is 0 Å². The van der Waals surface area contributed by atoms with Crippen molar-refractivity contribution >= 4 is 44.6 Å². The molecule has 4 heterocycles. The first-order valence-electron chi connectivity index (χ1n) is 11.0. The Kier molecular flexibility index (Phi) is 4.05. The Labute approximate surface area is 195 Å². The Balaban J connectivity index is 1.80. The lowest BCUT2D eigenvalue weighted by molar-refractivity contribution is 0.592. The number of aromatic nitrogens is 4. The molecule has 6 heteroatoms. The van der Waals surface area contributed by atoms with Crippen molar-refractivity contribution in [1.82, 2.24) is 20.2 Å². The summed E-state index contributed by atoms with van der Waals surface area (Å²) in [4.78, 5) is 9.68. The van der Waals surface area contributed by atoms with Crippen LogP contribution in [0.15, 0.2) is 104 Å². The van der Waals surface area contributed by atoms with Gasteiger partial charge in [-0.05, 0) is 35.0 Å². The number of pyridine rings is 2. The highest BCUT2D eigenvalue weighted by Gasteiger charge is 2.40. The van der Waals surface area contributed by atoms with Crippen molar-refractivity contribution in [3.05, 3.63) is 104 Å². The molecule has 0 bridgehead atoms. The van der Waals surface area contributed by atoms with Gasteiger partial charge in [0, 0.05) is 50.2 Å². The van der Waals surface area contributed by atoms with Gasteiger partial charge in [-0.1, -0.05) is 54.6 Å². The minimum Gasteiger partial charge on any atom is -0.308 e. The smallest absolute Gasteiger partial charge is 0.175 e. The summed E-state index contributed by atoms with van der Waals surface area (Å²) >= 11 is 0. The van der Waals surface area contributed by atoms with E-state index in [1.165, 1.54) is 0 Å². The van der Waals surface area contributed by atoms with Crippen molar-refractivity contribution in [2.24, 2.45) is 0 Å². The van der Waals surface area contributed by atoms with Crippen molar-refractivity contribution in [3.63, 3.8) is 0 Å². The average molecular weight is 456 g/mol. The molecule has 0 spiro atoms. The van der Waals surface area contributed by atoms with Crippen molar-refractivity contribution in [3.8, 4) is 22.5 Å². The zero-order chi connectivity index (χ0) is 22.7. The molecule has 0 amide bonds. The van der Waals surface area contributed by atoms with E-state index >= 15 is 4.57 Å². The molecule has 0 radical (unpaired) electrons. The molecule has 1 atom stereocenters. The SMILES string of the molecule is O=P1(c2ccccc2)c2cccnc2-c2c(c3cnncc3c3ccccc23)-c2ncccc21. The Morgan fingerprint density at radius 2 is 1.09 bits per heavy atom. The Hall–Kier alpha value is -4.21. The first-order chi connectivity index (χ1) is 16.8. The molecule has 6 aromatic rings. The van der Waals surface area contributed by atoms with Gasteiger partial charge in [0.15, 0.2) is 7.14 Å². The number of hydrogen-bond acceptors (Lipinski definition) is 5. The monoisotopic (exact) mass is 456 g/mol. The predicted octanol–water partition coefficient (Wildman–Crippen LogP) is 4.86. The molecule has 0 N–H and O–H groups in total. The molecule has 0 aliphatic carbocycles. The molecule has 3 aromatic heterocycles. The van der Waals surface area contributed by atoms with E-state index in [4.69, 9.17) is 9.97 Å². The Morgan fingerprint density at radius 3 is 1.76 bits per heavy atom. The molecule has 7 rings (SSSR count). The predicted molar refractivity (Wildman–Crippen MR) is 136 cm³/mol. The minimum atomic E-state index is -3.29. The van der Waals surface area contributed by atoms with Crippen LogP contribution in [0.4, 0.5) is 0 Å². The number of rotatable bonds is 1. The van der Waals surface area contributed by atoms with E-state index in [1.807, 2.05) is 66.7 Å². The fraction of sp³-hybridized carbons (Fsp3) is 0. The van der Waals surface area contributed by atoms with E-state index in [2.05, 4.69) is 22.3 Å². The van der Waals surface area contributed by atoms with Crippen LogP contribution in [-0.4, -0.2) is 20.2 Å². The average Bonchev–Trinajstić information content (AvgIpc) is 3.02. The third-order valence-electron chi connectivity index (χ3n) is 6.58. The molecule has 34 heavy (non-hydrogen) atoms. The molecule has 3 aromatic carbocycles. The van der Waals surface area contributed by atoms with Gasteiger partial charge >= 0.3 is 0 Å². The van der Waals surface area contributed by atoms with Crippen molar-refractivity contribution in [2.75, 3.05) is 0 Å². The molecule has 5 nitrogen and oxygen atoms in total. The van der Waals surface area contributed by atoms with Gasteiger partial charge in [0.1, 0.15) is 0 Å². The van der Waals surface area contributed by atoms with Gasteiger partial charge in [0.2, 0.25) is 0 Å². The molecule has 0 saturated carbocycles. The number of nitrogens with zero attached hydrogens (tertiary/aromatic N) is 4. The molecule has 1 unspecified atom stereocenters. The second-order valence-electron chi connectivity index (χ2n) is 8.30. The number of benzene rings is 3. The quantitative estimate of drug-likeness (QED) is 0.261. The molecular formula is C28H17N4OP. The fourth-order valence-corrected chi connectivity index (χ4v) is 8.10. The number of hydrogen-bond donors (Lipinski definition) is 0. The van der Waals surface area contributed by atoms with E-state index < -0.39 is 7.14 Å². The maximum Gasteiger partial charge on any atom is 0.175 e. The van der Waals surface area contributed by atoms with E-state index in [1.54, 1.807) is 24.8 Å². The van der Waals surface area contributed by atoms with Crippen molar-refractivity contribution in [1.29, 1.82) is 0 Å². The molecular weight excluding hydrogens is 439 g/mol. The van der Waals surface area contributed by atoms with Crippen LogP contribution < -0.4 is 15.9 Å². The lowest BCUT2D eigenvalue weighted by Crippen LogP contribution is -2.27. The summed E-state index contributed by atoms with van der Waals surface area (Å²) in [6.07, 6.45) is 7.10. The van der Waals surface area contributed by atoms with Gasteiger partial charge in [0.05, 0.1) is 23.8 Å². The second-order valence-corrected chi connectivity index (χ2v) is 11.0. The summed E-state index contributed by atoms with van der Waals surface area (Å²) in [7, 11) is -3.29. The van der Waals surface area contributed by atoms with Crippen LogP contribution in [-0.2, 0) is 4.57 Å². The minimum absolute atomic E-state index is 0.700. The van der Waals surface area contributed by atoms with E-state index in [-0.39, 0.29) is 0 Å². The maximum absolute atomic E-state index is 15.3. The third-order valence-corrected chi connectivity index (χ3v) is 9.69. The molecule has 1 aliphatic heterocycles. The summed E-state index contributed by atoms with van der Waals surface area (Å²) in [5.41, 5.74) is 3.25. The normalized spacial score (nSPS) is 16.5. The van der Waals surface area contributed by atoms with Gasteiger partial charge in [-0.3, -0.25) is 9.97 Å². The van der Waals surface area contributed by atoms with Gasteiger partial charge in [0.25, 0.3) is 0 Å². The lowest BCUT2D eigenvalue weighted by atomic mass is 9.89. The molecule has 160 valence electrons. The summed E-state index contributed by atoms with van der Waals surface area (Å²) in [5, 5.41) is 14.6. The summed E-state index contributed by atoms with van der Waals surface area (Å²) < 4.78 is 15.3. The lowest BCUT2D eigenvalue weighted by Gasteiger charge is -2.21. The highest BCUT2D eigenvalue weighted by atomic mass is 31.2. The highest BCUT2D eigenvalue weighted by molar-refractivity contribution is 7.85. The van der Waals surface area contributed by atoms with Gasteiger partial charge in [-0.2, -0.15) is 10.2 Å².